The van der Waals surface area contributed by atoms with E-state index in [9.17, 15) is 4.39 Å². The third-order valence-electron chi connectivity index (χ3n) is 3.81. The lowest BCUT2D eigenvalue weighted by Crippen LogP contribution is -2.27. The van der Waals surface area contributed by atoms with Crippen LogP contribution in [0.3, 0.4) is 0 Å². The fraction of sp³-hybridized carbons (Fsp3) is 0.571. The molecule has 1 saturated heterocycles. The number of halogens is 1. The van der Waals surface area contributed by atoms with Crippen molar-refractivity contribution in [2.45, 2.75) is 31.3 Å². The molecule has 1 heterocycles. The molecule has 3 rings (SSSR count). The minimum atomic E-state index is -0.306. The van der Waals surface area contributed by atoms with Crippen LogP contribution in [0.1, 0.15) is 19.3 Å². The lowest BCUT2D eigenvalue weighted by Gasteiger charge is -2.17. The first-order valence-electron chi connectivity index (χ1n) is 6.60. The summed E-state index contributed by atoms with van der Waals surface area (Å²) in [6, 6.07) is 6.33. The second-order valence-corrected chi connectivity index (χ2v) is 5.21. The minimum Gasteiger partial charge on any atom is -0.494 e. The van der Waals surface area contributed by atoms with E-state index in [0.29, 0.717) is 11.8 Å². The molecule has 1 aliphatic carbocycles. The molecule has 0 radical (unpaired) electrons. The van der Waals surface area contributed by atoms with Crippen LogP contribution in [0.25, 0.3) is 0 Å². The number of hydrogen-bond acceptors (Lipinski definition) is 3. The molecular formula is C14H19FN2O. The molecule has 1 aromatic carbocycles. The van der Waals surface area contributed by atoms with Crippen molar-refractivity contribution >= 4 is 5.69 Å². The molecule has 1 aliphatic heterocycles. The molecule has 1 N–H and O–H groups in total. The molecule has 2 fully saturated rings. The van der Waals surface area contributed by atoms with Gasteiger partial charge in [0.15, 0.2) is 11.6 Å². The molecule has 0 aromatic heterocycles. The van der Waals surface area contributed by atoms with E-state index in [2.05, 4.69) is 10.2 Å². The van der Waals surface area contributed by atoms with Gasteiger partial charge in [-0.15, -0.1) is 0 Å². The average Bonchev–Trinajstić information content (AvgIpc) is 3.11. The van der Waals surface area contributed by atoms with Crippen LogP contribution in [0.5, 0.6) is 5.75 Å². The highest BCUT2D eigenvalue weighted by Gasteiger charge is 2.34. The predicted octanol–water partition coefficient (Wildman–Crippen LogP) is 2.48. The summed E-state index contributed by atoms with van der Waals surface area (Å²) < 4.78 is 18.5. The van der Waals surface area contributed by atoms with Gasteiger partial charge in [0.25, 0.3) is 0 Å². The van der Waals surface area contributed by atoms with Crippen LogP contribution in [0.4, 0.5) is 10.1 Å². The van der Waals surface area contributed by atoms with Crippen LogP contribution in [0, 0.1) is 5.82 Å². The zero-order chi connectivity index (χ0) is 12.5. The molecule has 0 amide bonds. The summed E-state index contributed by atoms with van der Waals surface area (Å²) in [5.74, 6) is -0.00822. The van der Waals surface area contributed by atoms with Crippen molar-refractivity contribution < 1.29 is 9.13 Å². The number of hydrogen-bond donors (Lipinski definition) is 1. The van der Waals surface area contributed by atoms with Crippen molar-refractivity contribution in [1.82, 2.24) is 4.90 Å². The minimum absolute atomic E-state index is 0.298. The summed E-state index contributed by atoms with van der Waals surface area (Å²) in [7, 11) is 1.48. The van der Waals surface area contributed by atoms with E-state index < -0.39 is 0 Å². The van der Waals surface area contributed by atoms with Gasteiger partial charge in [-0.1, -0.05) is 0 Å². The maximum absolute atomic E-state index is 13.6. The first kappa shape index (κ1) is 11.8. The maximum atomic E-state index is 13.6. The molecule has 1 atom stereocenters. The van der Waals surface area contributed by atoms with Gasteiger partial charge in [-0.25, -0.2) is 4.39 Å². The van der Waals surface area contributed by atoms with Gasteiger partial charge in [-0.2, -0.15) is 0 Å². The maximum Gasteiger partial charge on any atom is 0.167 e. The monoisotopic (exact) mass is 250 g/mol. The molecule has 3 nitrogen and oxygen atoms in total. The molecular weight excluding hydrogens is 231 g/mol. The Bertz CT molecular complexity index is 434. The summed E-state index contributed by atoms with van der Waals surface area (Å²) in [6.07, 6.45) is 3.85. The number of rotatable bonds is 4. The molecule has 2 aliphatic rings. The van der Waals surface area contributed by atoms with Crippen molar-refractivity contribution in [3.63, 3.8) is 0 Å². The zero-order valence-electron chi connectivity index (χ0n) is 10.7. The number of anilines is 1. The number of ether oxygens (including phenoxy) is 1. The normalized spacial score (nSPS) is 24.2. The Morgan fingerprint density at radius 2 is 2.17 bits per heavy atom. The van der Waals surface area contributed by atoms with Crippen molar-refractivity contribution in [3.05, 3.63) is 24.0 Å². The topological polar surface area (TPSA) is 24.5 Å². The summed E-state index contributed by atoms with van der Waals surface area (Å²) >= 11 is 0. The Morgan fingerprint density at radius 3 is 2.83 bits per heavy atom. The third-order valence-corrected chi connectivity index (χ3v) is 3.81. The number of nitrogens with zero attached hydrogens (tertiary/aromatic N) is 1. The fourth-order valence-corrected chi connectivity index (χ4v) is 2.67. The van der Waals surface area contributed by atoms with E-state index in [4.69, 9.17) is 4.74 Å². The summed E-state index contributed by atoms with van der Waals surface area (Å²) in [6.45, 7) is 2.25. The lowest BCUT2D eigenvalue weighted by atomic mass is 10.2. The highest BCUT2D eigenvalue weighted by Crippen LogP contribution is 2.31. The Kier molecular flexibility index (Phi) is 3.12. The molecule has 1 aromatic rings. The SMILES string of the molecule is COc1ccc(NC2CCN(C3CC3)C2)cc1F. The quantitative estimate of drug-likeness (QED) is 0.888. The molecule has 1 unspecified atom stereocenters. The molecule has 0 spiro atoms. The van der Waals surface area contributed by atoms with Crippen LogP contribution < -0.4 is 10.1 Å². The van der Waals surface area contributed by atoms with Gasteiger partial charge in [0, 0.05) is 36.9 Å². The molecule has 0 bridgehead atoms. The van der Waals surface area contributed by atoms with Crippen LogP contribution in [-0.2, 0) is 0 Å². The largest absolute Gasteiger partial charge is 0.494 e. The third kappa shape index (κ3) is 2.43. The van der Waals surface area contributed by atoms with Gasteiger partial charge >= 0.3 is 0 Å². The molecule has 1 saturated carbocycles. The Labute approximate surface area is 107 Å². The second-order valence-electron chi connectivity index (χ2n) is 5.21. The van der Waals surface area contributed by atoms with E-state index in [1.807, 2.05) is 6.07 Å². The molecule has 18 heavy (non-hydrogen) atoms. The average molecular weight is 250 g/mol. The Hall–Kier alpha value is -1.29. The van der Waals surface area contributed by atoms with E-state index >= 15 is 0 Å². The summed E-state index contributed by atoms with van der Waals surface area (Å²) in [5, 5.41) is 3.41. The predicted molar refractivity (Wildman–Crippen MR) is 69.6 cm³/mol. The summed E-state index contributed by atoms with van der Waals surface area (Å²) in [5.41, 5.74) is 0.843. The van der Waals surface area contributed by atoms with Gasteiger partial charge in [0.1, 0.15) is 0 Å². The summed E-state index contributed by atoms with van der Waals surface area (Å²) in [4.78, 5) is 2.54. The van der Waals surface area contributed by atoms with E-state index in [-0.39, 0.29) is 5.82 Å². The van der Waals surface area contributed by atoms with Crippen LogP contribution in [0.15, 0.2) is 18.2 Å². The van der Waals surface area contributed by atoms with E-state index in [0.717, 1.165) is 24.7 Å². The van der Waals surface area contributed by atoms with Crippen LogP contribution in [-0.4, -0.2) is 37.2 Å². The van der Waals surface area contributed by atoms with Crippen LogP contribution in [0.2, 0.25) is 0 Å². The highest BCUT2D eigenvalue weighted by atomic mass is 19.1. The number of nitrogens with one attached hydrogen (secondary N) is 1. The molecule has 98 valence electrons. The second kappa shape index (κ2) is 4.76. The smallest absolute Gasteiger partial charge is 0.167 e. The first-order valence-corrected chi connectivity index (χ1v) is 6.60. The van der Waals surface area contributed by atoms with Gasteiger partial charge in [0.05, 0.1) is 7.11 Å². The van der Waals surface area contributed by atoms with Gasteiger partial charge in [0.2, 0.25) is 0 Å². The van der Waals surface area contributed by atoms with Gasteiger partial charge in [-0.05, 0) is 31.4 Å². The number of benzene rings is 1. The Morgan fingerprint density at radius 1 is 1.33 bits per heavy atom. The Balaban J connectivity index is 1.60. The van der Waals surface area contributed by atoms with E-state index in [1.54, 1.807) is 6.07 Å². The van der Waals surface area contributed by atoms with Gasteiger partial charge in [-0.3, -0.25) is 4.90 Å². The lowest BCUT2D eigenvalue weighted by molar-refractivity contribution is 0.326. The van der Waals surface area contributed by atoms with Crippen LogP contribution >= 0.6 is 0 Å². The van der Waals surface area contributed by atoms with Gasteiger partial charge < -0.3 is 10.1 Å². The fourth-order valence-electron chi connectivity index (χ4n) is 2.67. The van der Waals surface area contributed by atoms with Crippen molar-refractivity contribution in [1.29, 1.82) is 0 Å². The van der Waals surface area contributed by atoms with Crippen molar-refractivity contribution in [2.75, 3.05) is 25.5 Å². The number of methoxy groups -OCH3 is 1. The van der Waals surface area contributed by atoms with E-state index in [1.165, 1.54) is 32.6 Å². The highest BCUT2D eigenvalue weighted by molar-refractivity contribution is 5.48. The molecule has 4 heteroatoms. The van der Waals surface area contributed by atoms with Crippen molar-refractivity contribution in [3.8, 4) is 5.75 Å². The zero-order valence-corrected chi connectivity index (χ0v) is 10.7. The standard InChI is InChI=1S/C14H19FN2O/c1-18-14-5-2-10(8-13(14)15)16-11-6-7-17(9-11)12-3-4-12/h2,5,8,11-12,16H,3-4,6-7,9H2,1H3. The van der Waals surface area contributed by atoms with Crippen molar-refractivity contribution in [2.24, 2.45) is 0 Å². The first-order chi connectivity index (χ1) is 8.76. The number of likely N-dealkylation sites (tertiary alicyclic amines) is 1.